The molecule has 1 N–H and O–H groups in total. The Balaban J connectivity index is 1.91. The van der Waals surface area contributed by atoms with E-state index in [0.717, 1.165) is 10.0 Å². The Labute approximate surface area is 164 Å². The van der Waals surface area contributed by atoms with Crippen molar-refractivity contribution in [3.63, 3.8) is 0 Å². The summed E-state index contributed by atoms with van der Waals surface area (Å²) in [6.45, 7) is 8.08. The van der Waals surface area contributed by atoms with E-state index in [1.165, 1.54) is 0 Å². The second-order valence-electron chi connectivity index (χ2n) is 7.26. The zero-order valence-electron chi connectivity index (χ0n) is 15.3. The molecule has 4 nitrogen and oxygen atoms in total. The minimum absolute atomic E-state index is 0.163. The van der Waals surface area contributed by atoms with Crippen LogP contribution in [0.1, 0.15) is 49.4 Å². The highest BCUT2D eigenvalue weighted by atomic mass is 79.9. The van der Waals surface area contributed by atoms with Gasteiger partial charge in [-0.15, -0.1) is 0 Å². The topological polar surface area (TPSA) is 47.6 Å². The van der Waals surface area contributed by atoms with E-state index in [-0.39, 0.29) is 11.7 Å². The third kappa shape index (κ3) is 3.86. The molecule has 1 amide bonds. The number of halogens is 1. The SMILES string of the molecule is CC1(C)OP(C(NC(=O)c2ccccc2Br)c2ccccc2)OC1(C)C. The predicted octanol–water partition coefficient (Wildman–Crippen LogP) is 5.79. The van der Waals surface area contributed by atoms with Crippen LogP contribution in [0.5, 0.6) is 0 Å². The number of hydrogen-bond donors (Lipinski definition) is 1. The van der Waals surface area contributed by atoms with Crippen LogP contribution >= 0.6 is 24.3 Å². The van der Waals surface area contributed by atoms with Crippen LogP contribution < -0.4 is 5.32 Å². The first kappa shape index (κ1) is 19.5. The van der Waals surface area contributed by atoms with Crippen molar-refractivity contribution >= 4 is 30.2 Å². The molecule has 26 heavy (non-hydrogen) atoms. The van der Waals surface area contributed by atoms with Crippen molar-refractivity contribution in [2.75, 3.05) is 0 Å². The number of carbonyl (C=O) groups is 1. The molecule has 138 valence electrons. The van der Waals surface area contributed by atoms with Crippen LogP contribution in [-0.4, -0.2) is 17.1 Å². The number of hydrogen-bond acceptors (Lipinski definition) is 3. The maximum absolute atomic E-state index is 12.9. The van der Waals surface area contributed by atoms with Gasteiger partial charge in [-0.05, 0) is 61.3 Å². The van der Waals surface area contributed by atoms with Crippen molar-refractivity contribution in [2.24, 2.45) is 0 Å². The Morgan fingerprint density at radius 2 is 1.50 bits per heavy atom. The van der Waals surface area contributed by atoms with Crippen LogP contribution in [0.4, 0.5) is 0 Å². The summed E-state index contributed by atoms with van der Waals surface area (Å²) in [6.07, 6.45) is 0. The van der Waals surface area contributed by atoms with Crippen LogP contribution in [0.15, 0.2) is 59.1 Å². The van der Waals surface area contributed by atoms with Gasteiger partial charge in [-0.3, -0.25) is 4.79 Å². The normalized spacial score (nSPS) is 19.9. The smallest absolute Gasteiger partial charge is 0.253 e. The predicted molar refractivity (Wildman–Crippen MR) is 108 cm³/mol. The van der Waals surface area contributed by atoms with Gasteiger partial charge in [0.2, 0.25) is 8.38 Å². The number of benzene rings is 2. The van der Waals surface area contributed by atoms with E-state index in [2.05, 4.69) is 21.2 Å². The maximum Gasteiger partial charge on any atom is 0.253 e. The lowest BCUT2D eigenvalue weighted by Gasteiger charge is -2.29. The molecule has 0 aliphatic carbocycles. The van der Waals surface area contributed by atoms with Crippen LogP contribution in [0.2, 0.25) is 0 Å². The highest BCUT2D eigenvalue weighted by Gasteiger charge is 2.52. The first-order chi connectivity index (χ1) is 12.2. The Bertz CT molecular complexity index is 779. The standard InChI is InChI=1S/C20H23BrNO3P/c1-19(2)20(3,4)25-26(24-19)18(14-10-6-5-7-11-14)22-17(23)15-12-8-9-13-16(15)21/h5-13,18H,1-4H3,(H,22,23). The molecule has 1 heterocycles. The summed E-state index contributed by atoms with van der Waals surface area (Å²) in [5.74, 6) is -0.518. The van der Waals surface area contributed by atoms with Gasteiger partial charge in [0.15, 0.2) is 0 Å². The molecule has 0 saturated carbocycles. The van der Waals surface area contributed by atoms with Gasteiger partial charge in [-0.1, -0.05) is 42.5 Å². The van der Waals surface area contributed by atoms with Gasteiger partial charge in [-0.2, -0.15) is 0 Å². The largest absolute Gasteiger partial charge is 0.337 e. The van der Waals surface area contributed by atoms with E-state index in [1.54, 1.807) is 6.07 Å². The van der Waals surface area contributed by atoms with Crippen molar-refractivity contribution in [3.05, 3.63) is 70.2 Å². The summed E-state index contributed by atoms with van der Waals surface area (Å²) >= 11 is 3.44. The summed E-state index contributed by atoms with van der Waals surface area (Å²) in [5, 5.41) is 3.12. The molecule has 0 aromatic heterocycles. The molecular weight excluding hydrogens is 413 g/mol. The summed E-state index contributed by atoms with van der Waals surface area (Å²) in [7, 11) is -1.34. The monoisotopic (exact) mass is 435 g/mol. The van der Waals surface area contributed by atoms with E-state index in [1.807, 2.05) is 76.2 Å². The lowest BCUT2D eigenvalue weighted by molar-refractivity contribution is 0.00578. The fourth-order valence-electron chi connectivity index (χ4n) is 2.53. The van der Waals surface area contributed by atoms with Crippen molar-refractivity contribution in [1.82, 2.24) is 5.32 Å². The average molecular weight is 436 g/mol. The number of amides is 1. The Hall–Kier alpha value is -1.26. The molecule has 6 heteroatoms. The molecule has 1 aliphatic rings. The molecule has 1 unspecified atom stereocenters. The molecular formula is C20H23BrNO3P. The van der Waals surface area contributed by atoms with Gasteiger partial charge < -0.3 is 14.4 Å². The Kier molecular flexibility index (Phi) is 5.55. The van der Waals surface area contributed by atoms with Gasteiger partial charge in [0, 0.05) is 4.47 Å². The molecule has 0 spiro atoms. The van der Waals surface area contributed by atoms with Gasteiger partial charge in [-0.25, -0.2) is 0 Å². The highest BCUT2D eigenvalue weighted by molar-refractivity contribution is 9.10. The maximum atomic E-state index is 12.9. The zero-order chi connectivity index (χ0) is 18.9. The summed E-state index contributed by atoms with van der Waals surface area (Å²) in [4.78, 5) is 12.9. The van der Waals surface area contributed by atoms with E-state index in [4.69, 9.17) is 9.05 Å². The van der Waals surface area contributed by atoms with Crippen molar-refractivity contribution < 1.29 is 13.8 Å². The van der Waals surface area contributed by atoms with Crippen LogP contribution in [0.3, 0.4) is 0 Å². The van der Waals surface area contributed by atoms with Crippen molar-refractivity contribution in [3.8, 4) is 0 Å². The van der Waals surface area contributed by atoms with Gasteiger partial charge in [0.25, 0.3) is 5.91 Å². The lowest BCUT2D eigenvalue weighted by atomic mass is 9.90. The Morgan fingerprint density at radius 3 is 2.08 bits per heavy atom. The van der Waals surface area contributed by atoms with E-state index in [0.29, 0.717) is 5.56 Å². The van der Waals surface area contributed by atoms with Crippen LogP contribution in [-0.2, 0) is 9.05 Å². The van der Waals surface area contributed by atoms with Gasteiger partial charge in [0.05, 0.1) is 16.8 Å². The molecule has 0 radical (unpaired) electrons. The average Bonchev–Trinajstić information content (AvgIpc) is 2.81. The van der Waals surface area contributed by atoms with E-state index in [9.17, 15) is 4.79 Å². The van der Waals surface area contributed by atoms with Gasteiger partial charge in [0.1, 0.15) is 5.78 Å². The molecule has 1 aliphatic heterocycles. The molecule has 2 aromatic rings. The second-order valence-corrected chi connectivity index (χ2v) is 9.56. The summed E-state index contributed by atoms with van der Waals surface area (Å²) in [5.41, 5.74) is 0.668. The zero-order valence-corrected chi connectivity index (χ0v) is 17.8. The lowest BCUT2D eigenvalue weighted by Crippen LogP contribution is -2.41. The van der Waals surface area contributed by atoms with Gasteiger partial charge >= 0.3 is 0 Å². The quantitative estimate of drug-likeness (QED) is 0.617. The minimum atomic E-state index is -1.34. The van der Waals surface area contributed by atoms with E-state index >= 15 is 0 Å². The third-order valence-electron chi connectivity index (χ3n) is 4.80. The fourth-order valence-corrected chi connectivity index (χ4v) is 5.22. The highest BCUT2D eigenvalue weighted by Crippen LogP contribution is 2.64. The molecule has 1 atom stereocenters. The third-order valence-corrected chi connectivity index (χ3v) is 7.61. The van der Waals surface area contributed by atoms with Crippen molar-refractivity contribution in [2.45, 2.75) is 44.7 Å². The fraction of sp³-hybridized carbons (Fsp3) is 0.350. The molecule has 0 bridgehead atoms. The first-order valence-electron chi connectivity index (χ1n) is 8.49. The minimum Gasteiger partial charge on any atom is -0.337 e. The number of nitrogens with one attached hydrogen (secondary N) is 1. The summed E-state index contributed by atoms with van der Waals surface area (Å²) in [6, 6.07) is 17.2. The van der Waals surface area contributed by atoms with Crippen LogP contribution in [0.25, 0.3) is 0 Å². The van der Waals surface area contributed by atoms with Crippen LogP contribution in [0, 0.1) is 0 Å². The second kappa shape index (κ2) is 7.40. The summed E-state index contributed by atoms with van der Waals surface area (Å²) < 4.78 is 13.3. The molecule has 1 fully saturated rings. The number of carbonyl (C=O) groups excluding carboxylic acids is 1. The first-order valence-corrected chi connectivity index (χ1v) is 10.5. The van der Waals surface area contributed by atoms with E-state index < -0.39 is 19.6 Å². The molecule has 3 rings (SSSR count). The molecule has 1 saturated heterocycles. The Morgan fingerprint density at radius 1 is 0.962 bits per heavy atom. The number of rotatable bonds is 4. The van der Waals surface area contributed by atoms with Crippen molar-refractivity contribution in [1.29, 1.82) is 0 Å². The molecule has 2 aromatic carbocycles.